The Morgan fingerprint density at radius 3 is 2.44 bits per heavy atom. The monoisotopic (exact) mass is 268 g/mol. The van der Waals surface area contributed by atoms with Gasteiger partial charge in [0, 0.05) is 6.07 Å². The van der Waals surface area contributed by atoms with Crippen LogP contribution in [0, 0.1) is 0 Å². The molecule has 2 heterocycles. The number of rotatable bonds is 1. The van der Waals surface area contributed by atoms with Crippen molar-refractivity contribution in [1.29, 1.82) is 0 Å². The smallest absolute Gasteiger partial charge is 0.139 e. The molecule has 18 heavy (non-hydrogen) atoms. The summed E-state index contributed by atoms with van der Waals surface area (Å²) in [6, 6.07) is 19.1. The van der Waals surface area contributed by atoms with Gasteiger partial charge in [0.1, 0.15) is 9.58 Å². The molecule has 2 aromatic carbocycles. The molecule has 0 aliphatic carbocycles. The zero-order valence-corrected chi connectivity index (χ0v) is 11.2. The summed E-state index contributed by atoms with van der Waals surface area (Å²) in [7, 11) is 0. The maximum atomic E-state index is 2.30. The number of hydrogen-bond acceptors (Lipinski definition) is 2. The van der Waals surface area contributed by atoms with Gasteiger partial charge in [0.2, 0.25) is 5.52 Å². The molecule has 0 saturated carbocycles. The number of nitrogens with zero attached hydrogens (tertiary/aromatic N) is 1. The van der Waals surface area contributed by atoms with Crippen molar-refractivity contribution in [2.45, 2.75) is 0 Å². The minimum atomic E-state index is 1.29. The van der Waals surface area contributed by atoms with Crippen LogP contribution in [-0.4, -0.2) is 0 Å². The second-order valence-electron chi connectivity index (χ2n) is 4.17. The second-order valence-corrected chi connectivity index (χ2v) is 6.49. The van der Waals surface area contributed by atoms with Crippen LogP contribution in [0.3, 0.4) is 0 Å². The van der Waals surface area contributed by atoms with Gasteiger partial charge in [-0.05, 0) is 11.6 Å². The number of fused-ring (bicyclic) bond motifs is 3. The lowest BCUT2D eigenvalue weighted by Gasteiger charge is -1.90. The molecule has 0 spiro atoms. The van der Waals surface area contributed by atoms with Crippen LogP contribution in [0.1, 0.15) is 0 Å². The summed E-state index contributed by atoms with van der Waals surface area (Å²) in [5.74, 6) is 0. The molecule has 0 aliphatic heterocycles. The Kier molecular flexibility index (Phi) is 2.22. The van der Waals surface area contributed by atoms with E-state index in [1.54, 1.807) is 0 Å². The lowest BCUT2D eigenvalue weighted by atomic mass is 10.2. The molecule has 0 fully saturated rings. The van der Waals surface area contributed by atoms with E-state index >= 15 is 0 Å². The number of hydrogen-bond donors (Lipinski definition) is 0. The summed E-state index contributed by atoms with van der Waals surface area (Å²) in [5.41, 5.74) is 2.60. The van der Waals surface area contributed by atoms with Crippen molar-refractivity contribution in [3.8, 4) is 10.4 Å². The Labute approximate surface area is 113 Å². The Morgan fingerprint density at radius 1 is 0.778 bits per heavy atom. The van der Waals surface area contributed by atoms with Crippen molar-refractivity contribution >= 4 is 37.0 Å². The molecule has 3 heteroatoms. The Morgan fingerprint density at radius 2 is 1.56 bits per heavy atom. The largest absolute Gasteiger partial charge is 0.326 e. The van der Waals surface area contributed by atoms with E-state index in [0.29, 0.717) is 0 Å². The fourth-order valence-corrected chi connectivity index (χ4v) is 4.56. The molecule has 4 aromatic rings. The topological polar surface area (TPSA) is 4.10 Å². The molecule has 0 radical (unpaired) electrons. The van der Waals surface area contributed by atoms with Gasteiger partial charge in [-0.2, -0.15) is 0 Å². The summed E-state index contributed by atoms with van der Waals surface area (Å²) in [6.07, 6.45) is 2.24. The predicted octanol–water partition coefficient (Wildman–Crippen LogP) is 4.37. The molecule has 1 nitrogen and oxygen atoms in total. The normalized spacial score (nSPS) is 11.3. The lowest BCUT2D eigenvalue weighted by Crippen LogP contribution is -2.13. The van der Waals surface area contributed by atoms with E-state index in [1.807, 2.05) is 22.7 Å². The van der Waals surface area contributed by atoms with Crippen LogP contribution in [0.4, 0.5) is 0 Å². The van der Waals surface area contributed by atoms with E-state index in [9.17, 15) is 0 Å². The third kappa shape index (κ3) is 1.48. The summed E-state index contributed by atoms with van der Waals surface area (Å²) in [4.78, 5) is 1.33. The number of aromatic nitrogens is 1. The zero-order chi connectivity index (χ0) is 11.9. The Bertz CT molecular complexity index is 827. The van der Waals surface area contributed by atoms with Gasteiger partial charge < -0.3 is 0 Å². The van der Waals surface area contributed by atoms with Crippen molar-refractivity contribution < 1.29 is 4.40 Å². The average molecular weight is 268 g/mol. The van der Waals surface area contributed by atoms with E-state index in [0.717, 1.165) is 0 Å². The molecular formula is C15H10NS2+. The first-order valence-electron chi connectivity index (χ1n) is 5.80. The highest BCUT2D eigenvalue weighted by molar-refractivity contribution is 7.39. The fraction of sp³-hybridized carbons (Fsp3) is 0. The van der Waals surface area contributed by atoms with E-state index in [2.05, 4.69) is 65.2 Å². The summed E-state index contributed by atoms with van der Waals surface area (Å²) >= 11 is 3.72. The highest BCUT2D eigenvalue weighted by atomic mass is 32.2. The molecule has 86 valence electrons. The minimum Gasteiger partial charge on any atom is -0.139 e. The number of para-hydroxylation sites is 1. The summed E-state index contributed by atoms with van der Waals surface area (Å²) in [5, 5.41) is 0. The molecule has 0 aliphatic rings. The quantitative estimate of drug-likeness (QED) is 0.451. The molecular weight excluding hydrogens is 258 g/mol. The van der Waals surface area contributed by atoms with Crippen LogP contribution in [0.25, 0.3) is 24.8 Å². The first-order valence-corrected chi connectivity index (χ1v) is 7.43. The second kappa shape index (κ2) is 3.90. The molecule has 0 bridgehead atoms. The van der Waals surface area contributed by atoms with Crippen LogP contribution in [-0.2, 0) is 0 Å². The Balaban J connectivity index is 2.00. The number of benzene rings is 2. The standard InChI is InChI=1S/C15H10NS2/c1-2-6-11(7-3-1)14-10-16-12-8-4-5-9-13(12)17-15(16)18-14/h1-10H/q+1. The molecule has 0 amide bonds. The van der Waals surface area contributed by atoms with Crippen molar-refractivity contribution in [3.63, 3.8) is 0 Å². The van der Waals surface area contributed by atoms with Crippen LogP contribution >= 0.6 is 22.7 Å². The SMILES string of the molecule is c1ccc(-c2c[n+]3c(s2)sc2ccccc23)cc1. The lowest BCUT2D eigenvalue weighted by molar-refractivity contribution is -0.472. The van der Waals surface area contributed by atoms with Gasteiger partial charge >= 0.3 is 4.14 Å². The third-order valence-electron chi connectivity index (χ3n) is 3.02. The van der Waals surface area contributed by atoms with Crippen LogP contribution < -0.4 is 4.40 Å². The maximum Gasteiger partial charge on any atom is 0.326 e. The fourth-order valence-electron chi connectivity index (χ4n) is 2.15. The van der Waals surface area contributed by atoms with Crippen molar-refractivity contribution in [2.75, 3.05) is 0 Å². The number of thiazole rings is 2. The van der Waals surface area contributed by atoms with Crippen molar-refractivity contribution in [2.24, 2.45) is 0 Å². The molecule has 2 aromatic heterocycles. The molecule has 4 rings (SSSR count). The Hall–Kier alpha value is -1.71. The van der Waals surface area contributed by atoms with Gasteiger partial charge in [0.25, 0.3) is 0 Å². The average Bonchev–Trinajstić information content (AvgIpc) is 2.97. The molecule has 0 N–H and O–H groups in total. The highest BCUT2D eigenvalue weighted by Gasteiger charge is 2.18. The highest BCUT2D eigenvalue weighted by Crippen LogP contribution is 2.31. The molecule has 0 atom stereocenters. The maximum absolute atomic E-state index is 2.30. The van der Waals surface area contributed by atoms with Crippen LogP contribution in [0.2, 0.25) is 0 Å². The minimum absolute atomic E-state index is 1.29. The van der Waals surface area contributed by atoms with Crippen LogP contribution in [0.5, 0.6) is 0 Å². The van der Waals surface area contributed by atoms with Crippen molar-refractivity contribution in [3.05, 3.63) is 60.8 Å². The summed E-state index contributed by atoms with van der Waals surface area (Å²) < 4.78 is 4.99. The molecule has 0 unspecified atom stereocenters. The van der Waals surface area contributed by atoms with E-state index in [1.165, 1.54) is 24.8 Å². The molecule has 0 saturated heterocycles. The first kappa shape index (κ1) is 10.2. The van der Waals surface area contributed by atoms with Gasteiger partial charge in [-0.3, -0.25) is 0 Å². The first-order chi connectivity index (χ1) is 8.92. The van der Waals surface area contributed by atoms with E-state index < -0.39 is 0 Å². The van der Waals surface area contributed by atoms with Gasteiger partial charge in [-0.15, -0.1) is 4.40 Å². The zero-order valence-electron chi connectivity index (χ0n) is 9.54. The summed E-state index contributed by atoms with van der Waals surface area (Å²) in [6.45, 7) is 0. The van der Waals surface area contributed by atoms with Gasteiger partial charge in [-0.25, -0.2) is 0 Å². The van der Waals surface area contributed by atoms with Gasteiger partial charge in [0.05, 0.1) is 0 Å². The van der Waals surface area contributed by atoms with E-state index in [4.69, 9.17) is 0 Å². The predicted molar refractivity (Wildman–Crippen MR) is 78.3 cm³/mol. The van der Waals surface area contributed by atoms with Gasteiger partial charge in [0.15, 0.2) is 6.20 Å². The van der Waals surface area contributed by atoms with Crippen molar-refractivity contribution in [1.82, 2.24) is 0 Å². The van der Waals surface area contributed by atoms with E-state index in [-0.39, 0.29) is 0 Å². The van der Waals surface area contributed by atoms with Gasteiger partial charge in [-0.1, -0.05) is 65.1 Å². The van der Waals surface area contributed by atoms with Crippen LogP contribution in [0.15, 0.2) is 60.8 Å². The third-order valence-corrected chi connectivity index (χ3v) is 5.39.